The van der Waals surface area contributed by atoms with Gasteiger partial charge < -0.3 is 14.2 Å². The molecule has 0 radical (unpaired) electrons. The number of hydrogen-bond acceptors (Lipinski definition) is 5. The van der Waals surface area contributed by atoms with Crippen LogP contribution in [0.4, 0.5) is 0 Å². The predicted molar refractivity (Wildman–Crippen MR) is 110 cm³/mol. The summed E-state index contributed by atoms with van der Waals surface area (Å²) in [6, 6.07) is 8.40. The van der Waals surface area contributed by atoms with Crippen LogP contribution >= 0.6 is 0 Å². The van der Waals surface area contributed by atoms with Crippen LogP contribution in [0.5, 0.6) is 5.88 Å². The normalized spacial score (nSPS) is 20.6. The number of benzene rings is 1. The molecule has 3 aliphatic rings. The van der Waals surface area contributed by atoms with Crippen molar-refractivity contribution in [3.8, 4) is 17.1 Å². The molecule has 5 rings (SSSR count). The van der Waals surface area contributed by atoms with Crippen LogP contribution in [0.3, 0.4) is 0 Å². The number of allylic oxidation sites excluding steroid dienone is 4. The fourth-order valence-electron chi connectivity index (χ4n) is 4.13. The summed E-state index contributed by atoms with van der Waals surface area (Å²) >= 11 is 0. The van der Waals surface area contributed by atoms with Crippen molar-refractivity contribution >= 4 is 5.57 Å². The monoisotopic (exact) mass is 392 g/mol. The number of aromatic nitrogens is 2. The van der Waals surface area contributed by atoms with Crippen molar-refractivity contribution in [2.24, 2.45) is 0 Å². The van der Waals surface area contributed by atoms with Gasteiger partial charge in [-0.2, -0.15) is 4.98 Å². The van der Waals surface area contributed by atoms with Crippen LogP contribution in [0.25, 0.3) is 16.8 Å². The first-order chi connectivity index (χ1) is 14.3. The van der Waals surface area contributed by atoms with Crippen molar-refractivity contribution < 1.29 is 14.2 Å². The smallest absolute Gasteiger partial charge is 0.351 e. The van der Waals surface area contributed by atoms with E-state index in [1.165, 1.54) is 16.7 Å². The quantitative estimate of drug-likeness (QED) is 0.801. The van der Waals surface area contributed by atoms with E-state index >= 15 is 0 Å². The molecule has 1 fully saturated rings. The Kier molecular flexibility index (Phi) is 5.04. The van der Waals surface area contributed by atoms with Gasteiger partial charge in [0.1, 0.15) is 12.7 Å². The molecule has 0 saturated carbocycles. The minimum absolute atomic E-state index is 0.128. The van der Waals surface area contributed by atoms with Crippen molar-refractivity contribution in [3.05, 3.63) is 64.1 Å². The molecule has 1 saturated heterocycles. The number of ether oxygens (including phenoxy) is 3. The van der Waals surface area contributed by atoms with Crippen LogP contribution in [0.2, 0.25) is 0 Å². The third-order valence-electron chi connectivity index (χ3n) is 5.66. The highest BCUT2D eigenvalue weighted by Gasteiger charge is 2.21. The third kappa shape index (κ3) is 3.78. The van der Waals surface area contributed by atoms with Gasteiger partial charge in [-0.25, -0.2) is 4.79 Å². The molecule has 2 aliphatic heterocycles. The van der Waals surface area contributed by atoms with Crippen LogP contribution < -0.4 is 10.4 Å². The highest BCUT2D eigenvalue weighted by Crippen LogP contribution is 2.33. The van der Waals surface area contributed by atoms with Gasteiger partial charge in [-0.3, -0.25) is 4.57 Å². The van der Waals surface area contributed by atoms with Gasteiger partial charge in [0, 0.05) is 18.2 Å². The first-order valence-electron chi connectivity index (χ1n) is 10.2. The molecule has 1 unspecified atom stereocenters. The number of hydrogen-bond donors (Lipinski definition) is 0. The molecule has 3 heterocycles. The molecular weight excluding hydrogens is 368 g/mol. The van der Waals surface area contributed by atoms with Gasteiger partial charge in [-0.15, -0.1) is 0 Å². The molecule has 0 spiro atoms. The maximum absolute atomic E-state index is 12.6. The third-order valence-corrected chi connectivity index (χ3v) is 5.66. The summed E-state index contributed by atoms with van der Waals surface area (Å²) in [5.74, 6) is 0.340. The second-order valence-corrected chi connectivity index (χ2v) is 7.57. The Morgan fingerprint density at radius 1 is 1.21 bits per heavy atom. The fraction of sp³-hybridized carbons (Fsp3) is 0.391. The Labute approximate surface area is 169 Å². The molecule has 1 atom stereocenters. The molecule has 29 heavy (non-hydrogen) atoms. The van der Waals surface area contributed by atoms with Crippen molar-refractivity contribution in [3.63, 3.8) is 0 Å². The Balaban J connectivity index is 1.43. The first-order valence-corrected chi connectivity index (χ1v) is 10.2. The molecule has 1 aliphatic carbocycles. The van der Waals surface area contributed by atoms with Crippen molar-refractivity contribution in [2.45, 2.75) is 31.9 Å². The molecule has 6 nitrogen and oxygen atoms in total. The van der Waals surface area contributed by atoms with Gasteiger partial charge in [-0.05, 0) is 36.0 Å². The summed E-state index contributed by atoms with van der Waals surface area (Å²) in [7, 11) is 0. The topological polar surface area (TPSA) is 62.6 Å². The van der Waals surface area contributed by atoms with Crippen LogP contribution in [0.15, 0.2) is 47.3 Å². The molecular formula is C23H24N2O4. The Bertz CT molecular complexity index is 1030. The number of nitrogens with zero attached hydrogens (tertiary/aromatic N) is 2. The number of rotatable bonds is 4. The number of fused-ring (bicyclic) bond motifs is 3. The molecule has 0 N–H and O–H groups in total. The zero-order valence-electron chi connectivity index (χ0n) is 16.3. The van der Waals surface area contributed by atoms with E-state index in [0.717, 1.165) is 30.5 Å². The lowest BCUT2D eigenvalue weighted by molar-refractivity contribution is -0.102. The van der Waals surface area contributed by atoms with E-state index in [0.29, 0.717) is 38.9 Å². The second-order valence-electron chi connectivity index (χ2n) is 7.57. The highest BCUT2D eigenvalue weighted by molar-refractivity contribution is 5.74. The summed E-state index contributed by atoms with van der Waals surface area (Å²) in [6.07, 6.45) is 9.38. The van der Waals surface area contributed by atoms with Crippen molar-refractivity contribution in [2.75, 3.05) is 26.4 Å². The van der Waals surface area contributed by atoms with Crippen LogP contribution in [0.1, 0.15) is 24.0 Å². The zero-order chi connectivity index (χ0) is 19.6. The molecule has 1 aromatic carbocycles. The molecule has 2 aromatic rings. The van der Waals surface area contributed by atoms with Crippen LogP contribution in [-0.4, -0.2) is 42.1 Å². The average Bonchev–Trinajstić information content (AvgIpc) is 2.78. The first kappa shape index (κ1) is 18.3. The van der Waals surface area contributed by atoms with E-state index in [1.54, 1.807) is 4.57 Å². The van der Waals surface area contributed by atoms with Gasteiger partial charge in [0.15, 0.2) is 0 Å². The molecule has 150 valence electrons. The lowest BCUT2D eigenvalue weighted by atomic mass is 9.91. The minimum Gasteiger partial charge on any atom is -0.475 e. The highest BCUT2D eigenvalue weighted by atomic mass is 16.6. The lowest BCUT2D eigenvalue weighted by Crippen LogP contribution is -2.34. The van der Waals surface area contributed by atoms with Crippen molar-refractivity contribution in [1.29, 1.82) is 0 Å². The van der Waals surface area contributed by atoms with E-state index in [1.807, 2.05) is 6.07 Å². The summed E-state index contributed by atoms with van der Waals surface area (Å²) in [5, 5.41) is 0. The summed E-state index contributed by atoms with van der Waals surface area (Å²) in [6.45, 7) is 2.64. The van der Waals surface area contributed by atoms with Gasteiger partial charge in [0.25, 0.3) is 0 Å². The van der Waals surface area contributed by atoms with E-state index in [9.17, 15) is 4.79 Å². The summed E-state index contributed by atoms with van der Waals surface area (Å²) < 4.78 is 18.5. The van der Waals surface area contributed by atoms with Crippen LogP contribution in [-0.2, 0) is 22.4 Å². The van der Waals surface area contributed by atoms with E-state index < -0.39 is 0 Å². The van der Waals surface area contributed by atoms with E-state index in [-0.39, 0.29) is 11.8 Å². The minimum atomic E-state index is -0.270. The summed E-state index contributed by atoms with van der Waals surface area (Å²) in [5.41, 5.74) is 5.57. The largest absolute Gasteiger partial charge is 0.475 e. The van der Waals surface area contributed by atoms with Gasteiger partial charge in [-0.1, -0.05) is 36.4 Å². The Morgan fingerprint density at radius 3 is 3.00 bits per heavy atom. The molecule has 6 heteroatoms. The predicted octanol–water partition coefficient (Wildman–Crippen LogP) is 2.99. The molecule has 0 bridgehead atoms. The van der Waals surface area contributed by atoms with Crippen molar-refractivity contribution in [1.82, 2.24) is 9.55 Å². The Hall–Kier alpha value is -2.70. The SMILES string of the molecule is O=c1nc(OCC2COCCO2)cc2n1CCc1cc(C3=CC=CCC3)ccc1-2. The van der Waals surface area contributed by atoms with Gasteiger partial charge in [0.05, 0.1) is 25.5 Å². The van der Waals surface area contributed by atoms with E-state index in [4.69, 9.17) is 14.2 Å². The lowest BCUT2D eigenvalue weighted by Gasteiger charge is -2.24. The maximum Gasteiger partial charge on any atom is 0.351 e. The van der Waals surface area contributed by atoms with Crippen LogP contribution in [0, 0.1) is 0 Å². The summed E-state index contributed by atoms with van der Waals surface area (Å²) in [4.78, 5) is 16.7. The average molecular weight is 392 g/mol. The zero-order valence-corrected chi connectivity index (χ0v) is 16.3. The number of aryl methyl sites for hydroxylation is 1. The van der Waals surface area contributed by atoms with E-state index in [2.05, 4.69) is 41.4 Å². The maximum atomic E-state index is 12.6. The van der Waals surface area contributed by atoms with Gasteiger partial charge in [0.2, 0.25) is 5.88 Å². The fourth-order valence-corrected chi connectivity index (χ4v) is 4.13. The Morgan fingerprint density at radius 2 is 2.17 bits per heavy atom. The molecule has 1 aromatic heterocycles. The molecule has 0 amide bonds. The van der Waals surface area contributed by atoms with Gasteiger partial charge >= 0.3 is 5.69 Å². The standard InChI is InChI=1S/C23H24N2O4/c26-23-24-22(29-15-19-14-27-10-11-28-19)13-21-20-7-6-17(16-4-2-1-3-5-16)12-18(20)8-9-25(21)23/h1-2,4,6-7,12-13,19H,3,5,8-11,14-15H2. The second kappa shape index (κ2) is 7.97.